The van der Waals surface area contributed by atoms with E-state index in [-0.39, 0.29) is 16.7 Å². The summed E-state index contributed by atoms with van der Waals surface area (Å²) in [7, 11) is 1.99. The first-order valence-corrected chi connectivity index (χ1v) is 13.8. The minimum absolute atomic E-state index is 0.200. The minimum Gasteiger partial charge on any atom is -0.343 e. The summed E-state index contributed by atoms with van der Waals surface area (Å²) in [6.45, 7) is 9.49. The van der Waals surface area contributed by atoms with Crippen LogP contribution in [-0.4, -0.2) is 23.9 Å². The van der Waals surface area contributed by atoms with Crippen molar-refractivity contribution < 1.29 is 4.79 Å². The number of hydrogen-bond acceptors (Lipinski definition) is 1. The normalized spacial score (nSPS) is 38.1. The molecular formula is C33H41NO. The lowest BCUT2D eigenvalue weighted by Crippen LogP contribution is -2.56. The molecule has 35 heavy (non-hydrogen) atoms. The Balaban J connectivity index is 1.32. The van der Waals surface area contributed by atoms with Crippen LogP contribution in [0.3, 0.4) is 0 Å². The van der Waals surface area contributed by atoms with Gasteiger partial charge in [0.25, 0.3) is 0 Å². The summed E-state index contributed by atoms with van der Waals surface area (Å²) in [5, 5.41) is 2.68. The van der Waals surface area contributed by atoms with Crippen molar-refractivity contribution in [3.63, 3.8) is 0 Å². The van der Waals surface area contributed by atoms with Crippen molar-refractivity contribution in [2.75, 3.05) is 7.05 Å². The van der Waals surface area contributed by atoms with Gasteiger partial charge in [-0.3, -0.25) is 4.79 Å². The lowest BCUT2D eigenvalue weighted by Gasteiger charge is -2.63. The summed E-state index contributed by atoms with van der Waals surface area (Å²) in [6.07, 6.45) is 13.7. The molecule has 2 nitrogen and oxygen atoms in total. The van der Waals surface area contributed by atoms with Crippen LogP contribution < -0.4 is 0 Å². The molecule has 0 radical (unpaired) electrons. The topological polar surface area (TPSA) is 20.3 Å². The Hall–Kier alpha value is -2.35. The average molecular weight is 468 g/mol. The first-order valence-electron chi connectivity index (χ1n) is 13.8. The van der Waals surface area contributed by atoms with Crippen LogP contribution in [-0.2, 0) is 4.79 Å². The maximum Gasteiger partial charge on any atom is 0.219 e. The van der Waals surface area contributed by atoms with Crippen molar-refractivity contribution >= 4 is 22.3 Å². The van der Waals surface area contributed by atoms with Crippen LogP contribution in [0, 0.1) is 28.1 Å². The molecule has 0 aromatic heterocycles. The molecule has 0 unspecified atom stereocenters. The SMILES string of the molecule is CC(=O)N(C)[C@H]1CC[C@@]2(C)C(=CC[C@]3(C)[C@@H]2CC[C@]2(C)C(c4ccc5ccccc5c4)=CC[C@@H]32)C1. The van der Waals surface area contributed by atoms with Crippen molar-refractivity contribution in [3.8, 4) is 0 Å². The molecule has 0 saturated heterocycles. The van der Waals surface area contributed by atoms with Crippen molar-refractivity contribution in [3.05, 3.63) is 65.8 Å². The largest absolute Gasteiger partial charge is 0.343 e. The predicted molar refractivity (Wildman–Crippen MR) is 146 cm³/mol. The Kier molecular flexibility index (Phi) is 5.16. The van der Waals surface area contributed by atoms with E-state index in [9.17, 15) is 4.79 Å². The summed E-state index contributed by atoms with van der Waals surface area (Å²) in [5.41, 5.74) is 5.55. The van der Waals surface area contributed by atoms with Crippen LogP contribution in [0.4, 0.5) is 0 Å². The Morgan fingerprint density at radius 1 is 0.914 bits per heavy atom. The van der Waals surface area contributed by atoms with Crippen molar-refractivity contribution in [1.82, 2.24) is 4.90 Å². The van der Waals surface area contributed by atoms with Gasteiger partial charge in [-0.15, -0.1) is 0 Å². The molecule has 2 aromatic rings. The minimum atomic E-state index is 0.200. The second-order valence-corrected chi connectivity index (χ2v) is 12.9. The number of carbonyl (C=O) groups is 1. The van der Waals surface area contributed by atoms with Crippen LogP contribution in [0.5, 0.6) is 0 Å². The number of nitrogens with zero attached hydrogens (tertiary/aromatic N) is 1. The highest BCUT2D eigenvalue weighted by Gasteiger charge is 2.62. The Labute approximate surface area is 211 Å². The molecule has 6 atom stereocenters. The smallest absolute Gasteiger partial charge is 0.219 e. The molecule has 0 bridgehead atoms. The fourth-order valence-corrected chi connectivity index (χ4v) is 9.24. The number of fused-ring (bicyclic) bond motifs is 6. The van der Waals surface area contributed by atoms with Crippen molar-refractivity contribution in [2.24, 2.45) is 28.1 Å². The third-order valence-electron chi connectivity index (χ3n) is 11.3. The quantitative estimate of drug-likeness (QED) is 0.409. The first-order chi connectivity index (χ1) is 16.7. The molecule has 1 amide bonds. The van der Waals surface area contributed by atoms with Gasteiger partial charge < -0.3 is 4.90 Å². The Morgan fingerprint density at radius 3 is 2.43 bits per heavy atom. The lowest BCUT2D eigenvalue weighted by molar-refractivity contribution is -0.131. The van der Waals surface area contributed by atoms with E-state index >= 15 is 0 Å². The van der Waals surface area contributed by atoms with Crippen molar-refractivity contribution in [1.29, 1.82) is 0 Å². The summed E-state index contributed by atoms with van der Waals surface area (Å²) in [5.74, 6) is 1.63. The fourth-order valence-electron chi connectivity index (χ4n) is 9.24. The number of carbonyl (C=O) groups excluding carboxylic acids is 1. The van der Waals surface area contributed by atoms with Crippen LogP contribution >= 0.6 is 0 Å². The average Bonchev–Trinajstić information content (AvgIpc) is 3.21. The highest BCUT2D eigenvalue weighted by atomic mass is 16.2. The molecule has 0 spiro atoms. The standard InChI is InChI=1S/C33H41NO/c1-22(35)34(5)27-15-18-31(2)26(21-27)14-17-33(4)29-13-12-28(32(29,3)19-16-30(31)33)25-11-10-23-8-6-7-9-24(23)20-25/h6-12,14,20,27,29-30H,13,15-19,21H2,1-5H3/t27-,29+,30+,31-,32+,33-/m0/s1. The molecule has 0 aliphatic heterocycles. The second-order valence-electron chi connectivity index (χ2n) is 12.9. The van der Waals surface area contributed by atoms with E-state index in [1.807, 2.05) is 11.9 Å². The van der Waals surface area contributed by atoms with E-state index in [1.165, 1.54) is 48.4 Å². The highest BCUT2D eigenvalue weighted by molar-refractivity contribution is 5.87. The summed E-state index contributed by atoms with van der Waals surface area (Å²) >= 11 is 0. The Bertz CT molecular complexity index is 1250. The van der Waals surface area contributed by atoms with Gasteiger partial charge in [-0.25, -0.2) is 0 Å². The summed E-state index contributed by atoms with van der Waals surface area (Å²) < 4.78 is 0. The van der Waals surface area contributed by atoms with Gasteiger partial charge in [-0.2, -0.15) is 0 Å². The van der Waals surface area contributed by atoms with Crippen LogP contribution in [0.1, 0.15) is 78.2 Å². The molecule has 2 aromatic carbocycles. The maximum absolute atomic E-state index is 12.0. The molecule has 2 saturated carbocycles. The molecular weight excluding hydrogens is 426 g/mol. The van der Waals surface area contributed by atoms with Crippen molar-refractivity contribution in [2.45, 2.75) is 78.7 Å². The van der Waals surface area contributed by atoms with E-state index in [4.69, 9.17) is 0 Å². The highest BCUT2D eigenvalue weighted by Crippen LogP contribution is 2.71. The van der Waals surface area contributed by atoms with E-state index < -0.39 is 0 Å². The summed E-state index contributed by atoms with van der Waals surface area (Å²) in [6, 6.07) is 16.2. The van der Waals surface area contributed by atoms with Gasteiger partial charge in [0.1, 0.15) is 0 Å². The van der Waals surface area contributed by atoms with Gasteiger partial charge in [0.05, 0.1) is 0 Å². The monoisotopic (exact) mass is 467 g/mol. The fraction of sp³-hybridized carbons (Fsp3) is 0.545. The molecule has 0 heterocycles. The van der Waals surface area contributed by atoms with E-state index in [0.29, 0.717) is 17.4 Å². The van der Waals surface area contributed by atoms with E-state index in [0.717, 1.165) is 18.8 Å². The third kappa shape index (κ3) is 3.24. The van der Waals surface area contributed by atoms with Gasteiger partial charge in [-0.1, -0.05) is 74.9 Å². The van der Waals surface area contributed by atoms with Gasteiger partial charge >= 0.3 is 0 Å². The number of rotatable bonds is 2. The first kappa shape index (κ1) is 23.1. The molecule has 184 valence electrons. The van der Waals surface area contributed by atoms with Crippen LogP contribution in [0.25, 0.3) is 16.3 Å². The lowest BCUT2D eigenvalue weighted by atomic mass is 9.41. The van der Waals surface area contributed by atoms with Gasteiger partial charge in [0, 0.05) is 20.0 Å². The third-order valence-corrected chi connectivity index (χ3v) is 11.3. The molecule has 0 N–H and O–H groups in total. The molecule has 4 aliphatic carbocycles. The second kappa shape index (κ2) is 7.82. The maximum atomic E-state index is 12.0. The number of benzene rings is 2. The van der Waals surface area contributed by atoms with E-state index in [1.54, 1.807) is 18.1 Å². The predicted octanol–water partition coefficient (Wildman–Crippen LogP) is 8.03. The zero-order chi connectivity index (χ0) is 24.6. The zero-order valence-electron chi connectivity index (χ0n) is 22.2. The van der Waals surface area contributed by atoms with Gasteiger partial charge in [0.2, 0.25) is 5.91 Å². The molecule has 6 rings (SSSR count). The van der Waals surface area contributed by atoms with Gasteiger partial charge in [0.15, 0.2) is 0 Å². The summed E-state index contributed by atoms with van der Waals surface area (Å²) in [4.78, 5) is 14.0. The Morgan fingerprint density at radius 2 is 1.66 bits per heavy atom. The van der Waals surface area contributed by atoms with Gasteiger partial charge in [-0.05, 0) is 101 Å². The van der Waals surface area contributed by atoms with Crippen LogP contribution in [0.15, 0.2) is 60.2 Å². The number of allylic oxidation sites excluding steroid dienone is 3. The number of hydrogen-bond donors (Lipinski definition) is 0. The molecule has 2 heteroatoms. The number of amides is 1. The van der Waals surface area contributed by atoms with Crippen LogP contribution in [0.2, 0.25) is 0 Å². The molecule has 4 aliphatic rings. The zero-order valence-corrected chi connectivity index (χ0v) is 22.2. The molecule has 2 fully saturated rings. The van der Waals surface area contributed by atoms with E-state index in [2.05, 4.69) is 75.4 Å².